The molecule has 0 saturated carbocycles. The summed E-state index contributed by atoms with van der Waals surface area (Å²) in [6.07, 6.45) is -9.00. The summed E-state index contributed by atoms with van der Waals surface area (Å²) < 4.78 is 78.2. The first kappa shape index (κ1) is 32.0. The Hall–Kier alpha value is -2.54. The number of hydrogen-bond acceptors (Lipinski definition) is 4. The van der Waals surface area contributed by atoms with Gasteiger partial charge in [-0.15, -0.1) is 24.8 Å². The fourth-order valence-electron chi connectivity index (χ4n) is 6.07. The second-order valence-electron chi connectivity index (χ2n) is 10.3. The summed E-state index contributed by atoms with van der Waals surface area (Å²) in [5, 5.41) is 6.28. The molecule has 14 heteroatoms. The number of carbonyl (C=O) groups excluding carboxylic acids is 2. The monoisotopic (exact) mass is 612 g/mol. The van der Waals surface area contributed by atoms with Crippen LogP contribution in [0.4, 0.5) is 26.3 Å². The Labute approximate surface area is 239 Å². The molecule has 0 spiro atoms. The van der Waals surface area contributed by atoms with E-state index in [4.69, 9.17) is 0 Å². The minimum absolute atomic E-state index is 0. The van der Waals surface area contributed by atoms with Gasteiger partial charge in [-0.3, -0.25) is 9.59 Å². The number of benzene rings is 2. The van der Waals surface area contributed by atoms with Crippen LogP contribution in [-0.2, 0) is 23.4 Å². The number of amides is 2. The summed E-state index contributed by atoms with van der Waals surface area (Å²) in [5.41, 5.74) is -2.42. The first-order chi connectivity index (χ1) is 17.7. The molecule has 4 aliphatic rings. The zero-order valence-corrected chi connectivity index (χ0v) is 23.1. The zero-order valence-electron chi connectivity index (χ0n) is 21.5. The second kappa shape index (κ2) is 10.7. The Morgan fingerprint density at radius 1 is 0.675 bits per heavy atom. The van der Waals surface area contributed by atoms with Crippen LogP contribution in [-0.4, -0.2) is 60.9 Å². The molecule has 2 aromatic carbocycles. The SMILES string of the molecule is C[C@@]12CNCCN1C(=O)c1c(C(F)(F)F)cccc12.C[C@]12CNCCN1C(=O)c1c(C(F)(F)F)cccc12.Cl.Cl. The lowest BCUT2D eigenvalue weighted by molar-refractivity contribution is -0.138. The molecule has 0 aromatic heterocycles. The molecule has 4 heterocycles. The van der Waals surface area contributed by atoms with Gasteiger partial charge < -0.3 is 20.4 Å². The van der Waals surface area contributed by atoms with Crippen molar-refractivity contribution < 1.29 is 35.9 Å². The molecular weight excluding hydrogens is 585 g/mol. The molecular formula is C26H28Cl2F6N4O2. The van der Waals surface area contributed by atoms with E-state index in [1.165, 1.54) is 12.1 Å². The van der Waals surface area contributed by atoms with Gasteiger partial charge in [0.1, 0.15) is 0 Å². The van der Waals surface area contributed by atoms with Gasteiger partial charge in [-0.25, -0.2) is 0 Å². The number of carbonyl (C=O) groups is 2. The molecule has 6 nitrogen and oxygen atoms in total. The van der Waals surface area contributed by atoms with Crippen LogP contribution in [0.15, 0.2) is 36.4 Å². The highest BCUT2D eigenvalue weighted by molar-refractivity contribution is 6.02. The number of rotatable bonds is 0. The maximum Gasteiger partial charge on any atom is 0.417 e. The molecule has 2 amide bonds. The van der Waals surface area contributed by atoms with Gasteiger partial charge >= 0.3 is 12.4 Å². The van der Waals surface area contributed by atoms with Crippen LogP contribution < -0.4 is 10.6 Å². The zero-order chi connectivity index (χ0) is 27.7. The Balaban J connectivity index is 0.000000210. The number of nitrogens with one attached hydrogen (secondary N) is 2. The molecule has 2 atom stereocenters. The van der Waals surface area contributed by atoms with Gasteiger partial charge in [0, 0.05) is 39.3 Å². The van der Waals surface area contributed by atoms with Crippen LogP contribution in [0, 0.1) is 0 Å². The molecule has 2 N–H and O–H groups in total. The van der Waals surface area contributed by atoms with Crippen LogP contribution in [0.5, 0.6) is 0 Å². The number of alkyl halides is 6. The summed E-state index contributed by atoms with van der Waals surface area (Å²) in [7, 11) is 0. The van der Waals surface area contributed by atoms with E-state index in [2.05, 4.69) is 10.6 Å². The van der Waals surface area contributed by atoms with E-state index in [0.717, 1.165) is 12.1 Å². The third-order valence-corrected chi connectivity index (χ3v) is 7.97. The van der Waals surface area contributed by atoms with Crippen molar-refractivity contribution in [1.29, 1.82) is 0 Å². The molecule has 0 aliphatic carbocycles. The van der Waals surface area contributed by atoms with E-state index < -0.39 is 46.4 Å². The first-order valence-corrected chi connectivity index (χ1v) is 12.2. The van der Waals surface area contributed by atoms with E-state index in [0.29, 0.717) is 50.4 Å². The van der Waals surface area contributed by atoms with Crippen molar-refractivity contribution in [2.75, 3.05) is 39.3 Å². The minimum Gasteiger partial charge on any atom is -0.327 e. The van der Waals surface area contributed by atoms with E-state index in [-0.39, 0.29) is 35.9 Å². The molecule has 0 bridgehead atoms. The fraction of sp³-hybridized carbons (Fsp3) is 0.462. The Morgan fingerprint density at radius 3 is 1.35 bits per heavy atom. The smallest absolute Gasteiger partial charge is 0.327 e. The van der Waals surface area contributed by atoms with Crippen LogP contribution in [0.2, 0.25) is 0 Å². The largest absolute Gasteiger partial charge is 0.417 e. The highest BCUT2D eigenvalue weighted by Crippen LogP contribution is 2.46. The molecule has 0 unspecified atom stereocenters. The summed E-state index contributed by atoms with van der Waals surface area (Å²) in [6, 6.07) is 7.94. The molecule has 6 rings (SSSR count). The van der Waals surface area contributed by atoms with Crippen LogP contribution in [0.1, 0.15) is 56.8 Å². The van der Waals surface area contributed by atoms with E-state index >= 15 is 0 Å². The Bertz CT molecular complexity index is 1220. The number of halogens is 8. The third kappa shape index (κ3) is 4.82. The molecule has 0 radical (unpaired) electrons. The topological polar surface area (TPSA) is 64.7 Å². The van der Waals surface area contributed by atoms with Crippen LogP contribution in [0.3, 0.4) is 0 Å². The number of hydrogen-bond donors (Lipinski definition) is 2. The van der Waals surface area contributed by atoms with Gasteiger partial charge in [-0.1, -0.05) is 24.3 Å². The van der Waals surface area contributed by atoms with Crippen molar-refractivity contribution in [3.05, 3.63) is 69.8 Å². The van der Waals surface area contributed by atoms with Gasteiger partial charge in [-0.05, 0) is 37.1 Å². The third-order valence-electron chi connectivity index (χ3n) is 7.97. The molecule has 220 valence electrons. The van der Waals surface area contributed by atoms with Crippen molar-refractivity contribution in [2.45, 2.75) is 37.3 Å². The van der Waals surface area contributed by atoms with Gasteiger partial charge in [0.25, 0.3) is 11.8 Å². The van der Waals surface area contributed by atoms with Crippen LogP contribution in [0.25, 0.3) is 0 Å². The maximum atomic E-state index is 13.0. The highest BCUT2D eigenvalue weighted by Gasteiger charge is 2.52. The quantitative estimate of drug-likeness (QED) is 0.420. The van der Waals surface area contributed by atoms with Crippen molar-refractivity contribution in [2.24, 2.45) is 0 Å². The Morgan fingerprint density at radius 2 is 1.02 bits per heavy atom. The highest BCUT2D eigenvalue weighted by atomic mass is 35.5. The van der Waals surface area contributed by atoms with Crippen molar-refractivity contribution in [3.63, 3.8) is 0 Å². The summed E-state index contributed by atoms with van der Waals surface area (Å²) in [4.78, 5) is 27.7. The lowest BCUT2D eigenvalue weighted by Gasteiger charge is -2.40. The van der Waals surface area contributed by atoms with E-state index in [1.54, 1.807) is 21.9 Å². The lowest BCUT2D eigenvalue weighted by Crippen LogP contribution is -2.55. The minimum atomic E-state index is -4.50. The van der Waals surface area contributed by atoms with E-state index in [1.807, 2.05) is 13.8 Å². The molecule has 40 heavy (non-hydrogen) atoms. The average Bonchev–Trinajstić information content (AvgIpc) is 3.23. The predicted molar refractivity (Wildman–Crippen MR) is 140 cm³/mol. The maximum absolute atomic E-state index is 13.0. The number of piperazine rings is 2. The molecule has 4 aliphatic heterocycles. The van der Waals surface area contributed by atoms with Gasteiger partial charge in [0.05, 0.1) is 33.3 Å². The van der Waals surface area contributed by atoms with Gasteiger partial charge in [0.15, 0.2) is 0 Å². The average molecular weight is 613 g/mol. The van der Waals surface area contributed by atoms with Gasteiger partial charge in [0.2, 0.25) is 0 Å². The Kier molecular flexibility index (Phi) is 8.55. The van der Waals surface area contributed by atoms with Crippen LogP contribution >= 0.6 is 24.8 Å². The fourth-order valence-corrected chi connectivity index (χ4v) is 6.07. The van der Waals surface area contributed by atoms with Gasteiger partial charge in [-0.2, -0.15) is 26.3 Å². The van der Waals surface area contributed by atoms with E-state index in [9.17, 15) is 35.9 Å². The number of nitrogens with zero attached hydrogens (tertiary/aromatic N) is 2. The van der Waals surface area contributed by atoms with Crippen molar-refractivity contribution in [3.8, 4) is 0 Å². The molecule has 2 fully saturated rings. The standard InChI is InChI=1S/2C13H13F3N2O.2ClH/c2*1-12-7-17-5-6-18(12)11(19)10-8(12)3-2-4-9(10)13(14,15)16;;/h2*2-4,17H,5-7H2,1H3;2*1H/t2*12-;;/m10../s1. The predicted octanol–water partition coefficient (Wildman–Crippen LogP) is 4.80. The molecule has 2 saturated heterocycles. The number of fused-ring (bicyclic) bond motifs is 6. The summed E-state index contributed by atoms with van der Waals surface area (Å²) >= 11 is 0. The normalized spacial score (nSPS) is 25.0. The summed E-state index contributed by atoms with van der Waals surface area (Å²) in [5.74, 6) is -1.01. The van der Waals surface area contributed by atoms with Crippen molar-refractivity contribution >= 4 is 36.6 Å². The lowest BCUT2D eigenvalue weighted by atomic mass is 9.88. The first-order valence-electron chi connectivity index (χ1n) is 12.2. The molecule has 2 aromatic rings. The summed E-state index contributed by atoms with van der Waals surface area (Å²) in [6.45, 7) is 6.65. The second-order valence-corrected chi connectivity index (χ2v) is 10.3. The van der Waals surface area contributed by atoms with Crippen molar-refractivity contribution in [1.82, 2.24) is 20.4 Å².